The lowest BCUT2D eigenvalue weighted by molar-refractivity contribution is -0.139. The number of halogens is 1. The van der Waals surface area contributed by atoms with Gasteiger partial charge in [-0.05, 0) is 12.1 Å². The molecule has 82 valence electrons. The molecule has 0 unspecified atom stereocenters. The molecule has 0 spiro atoms. The summed E-state index contributed by atoms with van der Waals surface area (Å²) in [7, 11) is 1.29. The number of nitriles is 1. The molecule has 1 aromatic rings. The van der Waals surface area contributed by atoms with Gasteiger partial charge in [-0.1, -0.05) is 18.2 Å². The van der Waals surface area contributed by atoms with Gasteiger partial charge in [0, 0.05) is 5.56 Å². The fraction of sp³-hybridized carbons (Fsp3) is 0.167. The van der Waals surface area contributed by atoms with Gasteiger partial charge < -0.3 is 4.74 Å². The number of esters is 1. The molecule has 0 saturated heterocycles. The van der Waals surface area contributed by atoms with Gasteiger partial charge in [-0.15, -0.1) is 0 Å². The Bertz CT molecular complexity index is 461. The third kappa shape index (κ3) is 3.21. The molecule has 3 nitrogen and oxygen atoms in total. The molecule has 0 aromatic heterocycles. The van der Waals surface area contributed by atoms with E-state index in [0.717, 1.165) is 6.07 Å². The predicted octanol–water partition coefficient (Wildman–Crippen LogP) is 2.27. The van der Waals surface area contributed by atoms with Crippen LogP contribution in [0, 0.1) is 17.1 Å². The van der Waals surface area contributed by atoms with Crippen molar-refractivity contribution >= 4 is 12.0 Å². The molecule has 0 heterocycles. The Morgan fingerprint density at radius 1 is 1.62 bits per heavy atom. The number of rotatable bonds is 3. The molecule has 0 atom stereocenters. The SMILES string of the molecule is COC(=O)CC=Cc1ccc(C#N)cc1F. The predicted molar refractivity (Wildman–Crippen MR) is 56.8 cm³/mol. The zero-order chi connectivity index (χ0) is 12.0. The third-order valence-corrected chi connectivity index (χ3v) is 1.94. The van der Waals surface area contributed by atoms with Gasteiger partial charge in [-0.25, -0.2) is 4.39 Å². The zero-order valence-electron chi connectivity index (χ0n) is 8.74. The smallest absolute Gasteiger partial charge is 0.309 e. The molecule has 0 aliphatic carbocycles. The van der Waals surface area contributed by atoms with Crippen molar-refractivity contribution in [3.8, 4) is 6.07 Å². The van der Waals surface area contributed by atoms with Crippen LogP contribution < -0.4 is 0 Å². The average Bonchev–Trinajstić information content (AvgIpc) is 2.30. The van der Waals surface area contributed by atoms with Crippen LogP contribution in [0.5, 0.6) is 0 Å². The van der Waals surface area contributed by atoms with Crippen molar-refractivity contribution in [1.82, 2.24) is 0 Å². The van der Waals surface area contributed by atoms with Crippen molar-refractivity contribution in [3.63, 3.8) is 0 Å². The monoisotopic (exact) mass is 219 g/mol. The largest absolute Gasteiger partial charge is 0.469 e. The minimum absolute atomic E-state index is 0.0932. The number of hydrogen-bond donors (Lipinski definition) is 0. The zero-order valence-corrected chi connectivity index (χ0v) is 8.74. The fourth-order valence-corrected chi connectivity index (χ4v) is 1.10. The van der Waals surface area contributed by atoms with Crippen LogP contribution in [0.3, 0.4) is 0 Å². The second kappa shape index (κ2) is 5.66. The molecule has 0 fully saturated rings. The van der Waals surface area contributed by atoms with Gasteiger partial charge in [0.05, 0.1) is 25.2 Å². The van der Waals surface area contributed by atoms with E-state index in [0.29, 0.717) is 5.56 Å². The van der Waals surface area contributed by atoms with Crippen LogP contribution in [0.25, 0.3) is 6.08 Å². The highest BCUT2D eigenvalue weighted by Crippen LogP contribution is 2.11. The number of carbonyl (C=O) groups is 1. The molecule has 4 heteroatoms. The van der Waals surface area contributed by atoms with Crippen LogP contribution in [0.4, 0.5) is 4.39 Å². The van der Waals surface area contributed by atoms with Gasteiger partial charge >= 0.3 is 5.97 Å². The Balaban J connectivity index is 2.75. The van der Waals surface area contributed by atoms with Crippen molar-refractivity contribution < 1.29 is 13.9 Å². The molecule has 0 N–H and O–H groups in total. The lowest BCUT2D eigenvalue weighted by atomic mass is 10.1. The molecule has 0 amide bonds. The molecule has 0 radical (unpaired) electrons. The Morgan fingerprint density at radius 2 is 2.38 bits per heavy atom. The van der Waals surface area contributed by atoms with Gasteiger partial charge in [0.15, 0.2) is 0 Å². The highest BCUT2D eigenvalue weighted by molar-refractivity contribution is 5.72. The van der Waals surface area contributed by atoms with E-state index in [1.165, 1.54) is 31.4 Å². The van der Waals surface area contributed by atoms with Crippen LogP contribution in [-0.2, 0) is 9.53 Å². The first-order valence-corrected chi connectivity index (χ1v) is 4.60. The Kier molecular flexibility index (Phi) is 4.22. The molecule has 16 heavy (non-hydrogen) atoms. The lowest BCUT2D eigenvalue weighted by Gasteiger charge is -1.97. The standard InChI is InChI=1S/C12H10FNO2/c1-16-12(15)4-2-3-10-6-5-9(8-14)7-11(10)13/h2-3,5-7H,4H2,1H3. The maximum atomic E-state index is 13.3. The number of ether oxygens (including phenoxy) is 1. The molecule has 0 aliphatic rings. The number of carbonyl (C=O) groups excluding carboxylic acids is 1. The topological polar surface area (TPSA) is 50.1 Å². The molecular formula is C12H10FNO2. The summed E-state index contributed by atoms with van der Waals surface area (Å²) in [6.45, 7) is 0. The van der Waals surface area contributed by atoms with E-state index in [1.807, 2.05) is 6.07 Å². The van der Waals surface area contributed by atoms with Crippen LogP contribution in [-0.4, -0.2) is 13.1 Å². The molecule has 1 rings (SSSR count). The van der Waals surface area contributed by atoms with E-state index < -0.39 is 5.82 Å². The van der Waals surface area contributed by atoms with E-state index in [-0.39, 0.29) is 18.0 Å². The highest BCUT2D eigenvalue weighted by Gasteiger charge is 2.00. The normalized spacial score (nSPS) is 10.1. The minimum Gasteiger partial charge on any atom is -0.469 e. The summed E-state index contributed by atoms with van der Waals surface area (Å²) in [5.74, 6) is -0.870. The molecular weight excluding hydrogens is 209 g/mol. The van der Waals surface area contributed by atoms with Crippen molar-refractivity contribution in [2.45, 2.75) is 6.42 Å². The second-order valence-electron chi connectivity index (χ2n) is 3.03. The summed E-state index contributed by atoms with van der Waals surface area (Å²) in [5, 5.41) is 8.54. The molecule has 0 aliphatic heterocycles. The first kappa shape index (κ1) is 11.9. The lowest BCUT2D eigenvalue weighted by Crippen LogP contribution is -1.96. The first-order chi connectivity index (χ1) is 7.67. The second-order valence-corrected chi connectivity index (χ2v) is 3.03. The number of hydrogen-bond acceptors (Lipinski definition) is 3. The van der Waals surface area contributed by atoms with E-state index >= 15 is 0 Å². The summed E-state index contributed by atoms with van der Waals surface area (Å²) < 4.78 is 17.8. The summed E-state index contributed by atoms with van der Waals surface area (Å²) in [4.78, 5) is 10.8. The number of methoxy groups -OCH3 is 1. The van der Waals surface area contributed by atoms with Crippen molar-refractivity contribution in [3.05, 3.63) is 41.2 Å². The van der Waals surface area contributed by atoms with Crippen LogP contribution >= 0.6 is 0 Å². The summed E-state index contributed by atoms with van der Waals surface area (Å²) >= 11 is 0. The quantitative estimate of drug-likeness (QED) is 0.733. The third-order valence-electron chi connectivity index (χ3n) is 1.94. The summed E-state index contributed by atoms with van der Waals surface area (Å²) in [6, 6.07) is 5.99. The van der Waals surface area contributed by atoms with E-state index in [1.54, 1.807) is 0 Å². The van der Waals surface area contributed by atoms with Crippen molar-refractivity contribution in [2.75, 3.05) is 7.11 Å². The molecule has 0 saturated carbocycles. The molecule has 0 bridgehead atoms. The van der Waals surface area contributed by atoms with Gasteiger partial charge in [0.1, 0.15) is 5.82 Å². The van der Waals surface area contributed by atoms with Gasteiger partial charge in [-0.2, -0.15) is 5.26 Å². The first-order valence-electron chi connectivity index (χ1n) is 4.60. The van der Waals surface area contributed by atoms with Crippen LogP contribution in [0.1, 0.15) is 17.5 Å². The van der Waals surface area contributed by atoms with Crippen molar-refractivity contribution in [1.29, 1.82) is 5.26 Å². The highest BCUT2D eigenvalue weighted by atomic mass is 19.1. The van der Waals surface area contributed by atoms with E-state index in [9.17, 15) is 9.18 Å². The fourth-order valence-electron chi connectivity index (χ4n) is 1.10. The Labute approximate surface area is 92.8 Å². The van der Waals surface area contributed by atoms with Crippen LogP contribution in [0.2, 0.25) is 0 Å². The van der Waals surface area contributed by atoms with Gasteiger partial charge in [0.2, 0.25) is 0 Å². The maximum absolute atomic E-state index is 13.3. The number of benzene rings is 1. The number of nitrogens with zero attached hydrogens (tertiary/aromatic N) is 1. The van der Waals surface area contributed by atoms with Gasteiger partial charge in [-0.3, -0.25) is 4.79 Å². The summed E-state index contributed by atoms with van der Waals surface area (Å²) in [6.07, 6.45) is 3.08. The van der Waals surface area contributed by atoms with Gasteiger partial charge in [0.25, 0.3) is 0 Å². The Hall–Kier alpha value is -2.15. The Morgan fingerprint density at radius 3 is 2.94 bits per heavy atom. The molecule has 1 aromatic carbocycles. The minimum atomic E-state index is -0.486. The van der Waals surface area contributed by atoms with E-state index in [4.69, 9.17) is 5.26 Å². The van der Waals surface area contributed by atoms with E-state index in [2.05, 4.69) is 4.74 Å². The maximum Gasteiger partial charge on any atom is 0.309 e. The average molecular weight is 219 g/mol. The summed E-state index contributed by atoms with van der Waals surface area (Å²) in [5.41, 5.74) is 0.602. The van der Waals surface area contributed by atoms with Crippen molar-refractivity contribution in [2.24, 2.45) is 0 Å². The van der Waals surface area contributed by atoms with Crippen LogP contribution in [0.15, 0.2) is 24.3 Å².